The van der Waals surface area contributed by atoms with Crippen LogP contribution in [0.2, 0.25) is 0 Å². The molecule has 0 bridgehead atoms. The molecule has 0 spiro atoms. The Labute approximate surface area is 323 Å². The van der Waals surface area contributed by atoms with E-state index in [1.165, 1.54) is 38.2 Å². The van der Waals surface area contributed by atoms with E-state index in [-0.39, 0.29) is 25.7 Å². The molecular formula is C40H71O13P. The van der Waals surface area contributed by atoms with E-state index in [0.29, 0.717) is 6.42 Å². The summed E-state index contributed by atoms with van der Waals surface area (Å²) in [7, 11) is -4.71. The van der Waals surface area contributed by atoms with Crippen LogP contribution >= 0.6 is 7.82 Å². The van der Waals surface area contributed by atoms with Gasteiger partial charge >= 0.3 is 19.8 Å². The van der Waals surface area contributed by atoms with Gasteiger partial charge in [0.2, 0.25) is 0 Å². The predicted octanol–water partition coefficient (Wildman–Crippen LogP) is 6.54. The summed E-state index contributed by atoms with van der Waals surface area (Å²) in [5.41, 5.74) is 0. The van der Waals surface area contributed by atoms with Gasteiger partial charge in [0.05, 0.1) is 38.1 Å². The number of aliphatic hydroxyl groups is 5. The minimum absolute atomic E-state index is 0.0662. The molecule has 0 aliphatic heterocycles. The highest BCUT2D eigenvalue weighted by atomic mass is 31.2. The van der Waals surface area contributed by atoms with Crippen molar-refractivity contribution < 1.29 is 63.1 Å². The normalized spacial score (nSPS) is 16.3. The number of carbonyl (C=O) groups is 2. The topological polar surface area (TPSA) is 210 Å². The van der Waals surface area contributed by atoms with Crippen LogP contribution in [-0.2, 0) is 32.7 Å². The number of aliphatic hydroxyl groups excluding tert-OH is 5. The minimum atomic E-state index is -4.71. The second-order valence-corrected chi connectivity index (χ2v) is 15.5. The van der Waals surface area contributed by atoms with Crippen molar-refractivity contribution in [3.63, 3.8) is 0 Å². The van der Waals surface area contributed by atoms with Crippen molar-refractivity contribution in [2.24, 2.45) is 5.92 Å². The third kappa shape index (κ3) is 33.2. The summed E-state index contributed by atoms with van der Waals surface area (Å²) >= 11 is 0. The highest BCUT2D eigenvalue weighted by Crippen LogP contribution is 2.43. The van der Waals surface area contributed by atoms with E-state index in [2.05, 4.69) is 25.3 Å². The number of ether oxygens (including phenoxy) is 2. The first-order chi connectivity index (χ1) is 25.8. The largest absolute Gasteiger partial charge is 0.472 e. The van der Waals surface area contributed by atoms with Crippen molar-refractivity contribution in [3.8, 4) is 0 Å². The van der Waals surface area contributed by atoms with E-state index in [9.17, 15) is 39.5 Å². The van der Waals surface area contributed by atoms with Crippen molar-refractivity contribution in [3.05, 3.63) is 48.6 Å². The summed E-state index contributed by atoms with van der Waals surface area (Å²) in [5, 5.41) is 48.7. The molecule has 0 saturated carbocycles. The number of hydrogen-bond donors (Lipinski definition) is 6. The summed E-state index contributed by atoms with van der Waals surface area (Å²) < 4.78 is 32.3. The predicted molar refractivity (Wildman–Crippen MR) is 209 cm³/mol. The summed E-state index contributed by atoms with van der Waals surface area (Å²) in [6, 6.07) is 0. The van der Waals surface area contributed by atoms with Crippen LogP contribution in [0.25, 0.3) is 0 Å². The first-order valence-corrected chi connectivity index (χ1v) is 21.3. The first-order valence-electron chi connectivity index (χ1n) is 19.8. The Balaban J connectivity index is 4.73. The number of allylic oxidation sites excluding steroid dienone is 6. The fourth-order valence-corrected chi connectivity index (χ4v) is 5.82. The number of esters is 2. The SMILES string of the molecule is CCCCC[C@H](O)/C=C/C=C\C=C\C=C\[C@H](O)[C@@H](O)CCCC(=O)O[C@H](COC(=O)CCCCCCCCCCC(C)C)COP(=O)(O)OC[C@@H](O)CO. The molecule has 0 rings (SSSR count). The molecule has 0 aromatic rings. The zero-order chi connectivity index (χ0) is 40.5. The van der Waals surface area contributed by atoms with Crippen molar-refractivity contribution in [1.82, 2.24) is 0 Å². The lowest BCUT2D eigenvalue weighted by Gasteiger charge is -2.20. The zero-order valence-electron chi connectivity index (χ0n) is 32.9. The highest BCUT2D eigenvalue weighted by molar-refractivity contribution is 7.47. The van der Waals surface area contributed by atoms with Crippen LogP contribution < -0.4 is 0 Å². The van der Waals surface area contributed by atoms with Crippen LogP contribution in [0.3, 0.4) is 0 Å². The monoisotopic (exact) mass is 790 g/mol. The van der Waals surface area contributed by atoms with Gasteiger partial charge in [0.25, 0.3) is 0 Å². The average molecular weight is 791 g/mol. The third-order valence-electron chi connectivity index (χ3n) is 8.28. The Morgan fingerprint density at radius 1 is 0.648 bits per heavy atom. The summed E-state index contributed by atoms with van der Waals surface area (Å²) in [4.78, 5) is 34.9. The van der Waals surface area contributed by atoms with Gasteiger partial charge in [-0.2, -0.15) is 0 Å². The first kappa shape index (κ1) is 51.8. The lowest BCUT2D eigenvalue weighted by Crippen LogP contribution is -2.30. The Morgan fingerprint density at radius 2 is 1.20 bits per heavy atom. The molecule has 13 nitrogen and oxygen atoms in total. The van der Waals surface area contributed by atoms with E-state index < -0.39 is 76.7 Å². The maximum Gasteiger partial charge on any atom is 0.472 e. The van der Waals surface area contributed by atoms with Crippen molar-refractivity contribution >= 4 is 19.8 Å². The van der Waals surface area contributed by atoms with E-state index in [4.69, 9.17) is 19.1 Å². The lowest BCUT2D eigenvalue weighted by molar-refractivity contribution is -0.161. The maximum atomic E-state index is 12.6. The Morgan fingerprint density at radius 3 is 1.83 bits per heavy atom. The molecule has 0 radical (unpaired) electrons. The van der Waals surface area contributed by atoms with Gasteiger partial charge in [-0.3, -0.25) is 18.6 Å². The molecule has 0 aliphatic carbocycles. The molecule has 0 saturated heterocycles. The van der Waals surface area contributed by atoms with E-state index in [0.717, 1.165) is 50.9 Å². The number of phosphoric ester groups is 1. The zero-order valence-corrected chi connectivity index (χ0v) is 33.8. The summed E-state index contributed by atoms with van der Waals surface area (Å²) in [6.45, 7) is 4.10. The number of carbonyl (C=O) groups excluding carboxylic acids is 2. The second-order valence-electron chi connectivity index (χ2n) is 14.0. The van der Waals surface area contributed by atoms with Gasteiger partial charge < -0.3 is 39.9 Å². The summed E-state index contributed by atoms with van der Waals surface area (Å²) in [5.74, 6) is -0.525. The molecule has 0 amide bonds. The molecule has 6 N–H and O–H groups in total. The van der Waals surface area contributed by atoms with Gasteiger partial charge in [-0.05, 0) is 31.6 Å². The van der Waals surface area contributed by atoms with E-state index >= 15 is 0 Å². The molecule has 0 aromatic heterocycles. The van der Waals surface area contributed by atoms with Crippen molar-refractivity contribution in [1.29, 1.82) is 0 Å². The van der Waals surface area contributed by atoms with Crippen LogP contribution in [0.15, 0.2) is 48.6 Å². The molecule has 0 heterocycles. The third-order valence-corrected chi connectivity index (χ3v) is 9.23. The summed E-state index contributed by atoms with van der Waals surface area (Å²) in [6.07, 6.45) is 21.9. The quantitative estimate of drug-likeness (QED) is 0.0175. The van der Waals surface area contributed by atoms with Gasteiger partial charge in [0.1, 0.15) is 12.7 Å². The minimum Gasteiger partial charge on any atom is -0.462 e. The molecule has 1 unspecified atom stereocenters. The van der Waals surface area contributed by atoms with E-state index in [1.54, 1.807) is 42.5 Å². The second kappa shape index (κ2) is 34.1. The van der Waals surface area contributed by atoms with Gasteiger partial charge in [-0.15, -0.1) is 0 Å². The highest BCUT2D eigenvalue weighted by Gasteiger charge is 2.27. The standard InChI is InChI=1S/C40H71O13P/c1-4-5-16-23-34(42)24-18-13-10-11-14-19-25-37(44)38(45)26-21-28-40(47)53-36(32-52-54(48,49)51-30-35(43)29-41)31-50-39(46)27-20-15-9-7-6-8-12-17-22-33(2)3/h10-11,13-14,18-19,24-25,33-38,41-45H,4-9,12,15-17,20-23,26-32H2,1-3H3,(H,48,49)/b13-10-,14-11+,24-18+,25-19+/t34-,35-,36+,37-,38-/m0/s1. The van der Waals surface area contributed by atoms with Crippen molar-refractivity contribution in [2.75, 3.05) is 26.4 Å². The van der Waals surface area contributed by atoms with Crippen LogP contribution in [0.5, 0.6) is 0 Å². The van der Waals surface area contributed by atoms with Crippen LogP contribution in [0.1, 0.15) is 130 Å². The molecule has 0 aromatic carbocycles. The molecule has 14 heteroatoms. The maximum absolute atomic E-state index is 12.6. The van der Waals surface area contributed by atoms with Gasteiger partial charge in [-0.25, -0.2) is 4.57 Å². The van der Waals surface area contributed by atoms with Crippen molar-refractivity contribution in [2.45, 2.75) is 160 Å². The Kier molecular flexibility index (Phi) is 32.7. The number of phosphoric acid groups is 1. The molecule has 54 heavy (non-hydrogen) atoms. The Bertz CT molecular complexity index is 1110. The van der Waals surface area contributed by atoms with Gasteiger partial charge in [0.15, 0.2) is 6.10 Å². The molecule has 0 fully saturated rings. The van der Waals surface area contributed by atoms with Gasteiger partial charge in [0, 0.05) is 12.8 Å². The molecule has 6 atom stereocenters. The number of unbranched alkanes of at least 4 members (excludes halogenated alkanes) is 9. The lowest BCUT2D eigenvalue weighted by atomic mass is 10.0. The fraction of sp³-hybridized carbons (Fsp3) is 0.750. The van der Waals surface area contributed by atoms with Gasteiger partial charge in [-0.1, -0.05) is 140 Å². The van der Waals surface area contributed by atoms with E-state index in [1.807, 2.05) is 0 Å². The number of hydrogen-bond acceptors (Lipinski definition) is 12. The molecule has 314 valence electrons. The fourth-order valence-electron chi connectivity index (χ4n) is 5.03. The Hall–Kier alpha value is -2.19. The smallest absolute Gasteiger partial charge is 0.462 e. The van der Waals surface area contributed by atoms with Crippen LogP contribution in [-0.4, -0.2) is 99.3 Å². The van der Waals surface area contributed by atoms with Crippen LogP contribution in [0, 0.1) is 5.92 Å². The molecule has 0 aliphatic rings. The number of rotatable bonds is 35. The molecular weight excluding hydrogens is 719 g/mol. The van der Waals surface area contributed by atoms with Crippen LogP contribution in [0.4, 0.5) is 0 Å². The average Bonchev–Trinajstić information content (AvgIpc) is 3.13.